The Morgan fingerprint density at radius 1 is 1.60 bits per heavy atom. The van der Waals surface area contributed by atoms with Crippen molar-refractivity contribution < 1.29 is 13.9 Å². The highest BCUT2D eigenvalue weighted by Gasteiger charge is 2.13. The Balaban J connectivity index is 2.21. The number of hydrogen-bond acceptors (Lipinski definition) is 7. The Hall–Kier alpha value is -2.48. The molecule has 6 nitrogen and oxygen atoms in total. The lowest BCUT2D eigenvalue weighted by molar-refractivity contribution is 0.0600. The smallest absolute Gasteiger partial charge is 0.338 e. The number of anilines is 2. The molecule has 2 rings (SSSR count). The SMILES string of the molecule is COC(=O)c1cccc(F)c1C=NNc1nc(N)cs1. The zero-order valence-electron chi connectivity index (χ0n) is 10.5. The van der Waals surface area contributed by atoms with Crippen molar-refractivity contribution in [2.75, 3.05) is 18.3 Å². The van der Waals surface area contributed by atoms with Gasteiger partial charge in [-0.3, -0.25) is 5.43 Å². The largest absolute Gasteiger partial charge is 0.465 e. The van der Waals surface area contributed by atoms with Crippen LogP contribution < -0.4 is 11.2 Å². The number of nitrogens with one attached hydrogen (secondary N) is 1. The number of nitrogen functional groups attached to an aromatic ring is 1. The Bertz CT molecular complexity index is 657. The minimum Gasteiger partial charge on any atom is -0.465 e. The third-order valence-electron chi connectivity index (χ3n) is 2.33. The summed E-state index contributed by atoms with van der Waals surface area (Å²) in [4.78, 5) is 15.4. The Morgan fingerprint density at radius 2 is 2.40 bits per heavy atom. The maximum atomic E-state index is 13.7. The molecule has 2 aromatic rings. The van der Waals surface area contributed by atoms with E-state index >= 15 is 0 Å². The van der Waals surface area contributed by atoms with E-state index in [2.05, 4.69) is 20.2 Å². The molecular formula is C12H11FN4O2S. The Labute approximate surface area is 118 Å². The molecule has 0 unspecified atom stereocenters. The topological polar surface area (TPSA) is 89.6 Å². The van der Waals surface area contributed by atoms with Gasteiger partial charge in [0.1, 0.15) is 11.6 Å². The average Bonchev–Trinajstić information content (AvgIpc) is 2.85. The maximum Gasteiger partial charge on any atom is 0.338 e. The van der Waals surface area contributed by atoms with Crippen molar-refractivity contribution in [1.82, 2.24) is 4.98 Å². The molecule has 104 valence electrons. The number of benzene rings is 1. The number of nitrogens with zero attached hydrogens (tertiary/aromatic N) is 2. The van der Waals surface area contributed by atoms with Crippen LogP contribution in [0.4, 0.5) is 15.3 Å². The third kappa shape index (κ3) is 3.09. The lowest BCUT2D eigenvalue weighted by Crippen LogP contribution is -2.07. The minimum absolute atomic E-state index is 0.0383. The lowest BCUT2D eigenvalue weighted by atomic mass is 10.1. The number of carbonyl (C=O) groups is 1. The molecule has 0 saturated heterocycles. The van der Waals surface area contributed by atoms with Crippen LogP contribution >= 0.6 is 11.3 Å². The highest BCUT2D eigenvalue weighted by Crippen LogP contribution is 2.17. The van der Waals surface area contributed by atoms with Gasteiger partial charge in [0.05, 0.1) is 18.9 Å². The number of hydrogen-bond donors (Lipinski definition) is 2. The zero-order valence-corrected chi connectivity index (χ0v) is 11.3. The van der Waals surface area contributed by atoms with Crippen LogP contribution in [0.15, 0.2) is 28.7 Å². The molecule has 1 heterocycles. The second kappa shape index (κ2) is 6.11. The fourth-order valence-electron chi connectivity index (χ4n) is 1.45. The Morgan fingerprint density at radius 3 is 3.05 bits per heavy atom. The zero-order chi connectivity index (χ0) is 14.5. The third-order valence-corrected chi connectivity index (χ3v) is 3.10. The van der Waals surface area contributed by atoms with Gasteiger partial charge in [-0.15, -0.1) is 11.3 Å². The van der Waals surface area contributed by atoms with Crippen molar-refractivity contribution in [3.63, 3.8) is 0 Å². The number of esters is 1. The molecule has 0 saturated carbocycles. The van der Waals surface area contributed by atoms with E-state index < -0.39 is 11.8 Å². The predicted octanol–water partition coefficient (Wildman–Crippen LogP) is 2.10. The molecule has 8 heteroatoms. The van der Waals surface area contributed by atoms with Gasteiger partial charge in [0.15, 0.2) is 0 Å². The molecule has 3 N–H and O–H groups in total. The molecule has 20 heavy (non-hydrogen) atoms. The number of ether oxygens (including phenoxy) is 1. The number of thiazole rings is 1. The molecule has 0 aliphatic heterocycles. The van der Waals surface area contributed by atoms with Gasteiger partial charge in [0, 0.05) is 10.9 Å². The van der Waals surface area contributed by atoms with E-state index in [0.717, 1.165) is 0 Å². The quantitative estimate of drug-likeness (QED) is 0.512. The fourth-order valence-corrected chi connectivity index (χ4v) is 1.99. The minimum atomic E-state index is -0.635. The molecule has 0 amide bonds. The van der Waals surface area contributed by atoms with E-state index in [1.807, 2.05) is 0 Å². The van der Waals surface area contributed by atoms with Gasteiger partial charge in [-0.1, -0.05) is 6.07 Å². The van der Waals surface area contributed by atoms with Crippen molar-refractivity contribution in [2.45, 2.75) is 0 Å². The monoisotopic (exact) mass is 294 g/mol. The van der Waals surface area contributed by atoms with E-state index in [-0.39, 0.29) is 11.1 Å². The van der Waals surface area contributed by atoms with E-state index in [9.17, 15) is 9.18 Å². The van der Waals surface area contributed by atoms with Crippen LogP contribution in [0.25, 0.3) is 0 Å². The summed E-state index contributed by atoms with van der Waals surface area (Å²) in [5, 5.41) is 5.94. The number of halogens is 1. The van der Waals surface area contributed by atoms with Gasteiger partial charge in [-0.05, 0) is 12.1 Å². The molecule has 0 aliphatic carbocycles. The van der Waals surface area contributed by atoms with Gasteiger partial charge >= 0.3 is 5.97 Å². The van der Waals surface area contributed by atoms with Crippen LogP contribution in [0.1, 0.15) is 15.9 Å². The number of methoxy groups -OCH3 is 1. The normalized spacial score (nSPS) is 10.7. The molecule has 0 fully saturated rings. The second-order valence-corrected chi connectivity index (χ2v) is 4.50. The summed E-state index contributed by atoms with van der Waals surface area (Å²) in [6.07, 6.45) is 1.19. The van der Waals surface area contributed by atoms with Crippen LogP contribution in [-0.2, 0) is 4.74 Å². The van der Waals surface area contributed by atoms with Gasteiger partial charge in [0.2, 0.25) is 5.13 Å². The lowest BCUT2D eigenvalue weighted by Gasteiger charge is -2.04. The Kier molecular flexibility index (Phi) is 4.26. The first-order valence-corrected chi connectivity index (χ1v) is 6.36. The fraction of sp³-hybridized carbons (Fsp3) is 0.0833. The number of carbonyl (C=O) groups excluding carboxylic acids is 1. The maximum absolute atomic E-state index is 13.7. The summed E-state index contributed by atoms with van der Waals surface area (Å²) in [5.41, 5.74) is 8.19. The van der Waals surface area contributed by atoms with Crippen molar-refractivity contribution in [3.8, 4) is 0 Å². The number of rotatable bonds is 4. The first-order valence-electron chi connectivity index (χ1n) is 5.48. The molecule has 1 aromatic carbocycles. The van der Waals surface area contributed by atoms with Crippen LogP contribution in [0.5, 0.6) is 0 Å². The molecular weight excluding hydrogens is 283 g/mol. The summed E-state index contributed by atoms with van der Waals surface area (Å²) in [6, 6.07) is 4.11. The van der Waals surface area contributed by atoms with Crippen LogP contribution in [0.2, 0.25) is 0 Å². The predicted molar refractivity (Wildman–Crippen MR) is 75.5 cm³/mol. The highest BCUT2D eigenvalue weighted by atomic mass is 32.1. The highest BCUT2D eigenvalue weighted by molar-refractivity contribution is 7.14. The summed E-state index contributed by atoms with van der Waals surface area (Å²) in [7, 11) is 1.23. The summed E-state index contributed by atoms with van der Waals surface area (Å²) < 4.78 is 18.3. The van der Waals surface area contributed by atoms with Crippen molar-refractivity contribution in [3.05, 3.63) is 40.5 Å². The van der Waals surface area contributed by atoms with Crippen LogP contribution in [0.3, 0.4) is 0 Å². The van der Waals surface area contributed by atoms with Crippen LogP contribution in [0, 0.1) is 5.82 Å². The first kappa shape index (κ1) is 13.9. The molecule has 1 aromatic heterocycles. The van der Waals surface area contributed by atoms with E-state index in [1.165, 1.54) is 42.9 Å². The van der Waals surface area contributed by atoms with E-state index in [1.54, 1.807) is 5.38 Å². The van der Waals surface area contributed by atoms with Crippen molar-refractivity contribution in [1.29, 1.82) is 0 Å². The average molecular weight is 294 g/mol. The molecule has 0 bridgehead atoms. The van der Waals surface area contributed by atoms with E-state index in [4.69, 9.17) is 5.73 Å². The molecule has 0 aliphatic rings. The summed E-state index contributed by atoms with van der Waals surface area (Å²) >= 11 is 1.26. The van der Waals surface area contributed by atoms with Gasteiger partial charge in [0.25, 0.3) is 0 Å². The summed E-state index contributed by atoms with van der Waals surface area (Å²) in [6.45, 7) is 0. The standard InChI is InChI=1S/C12H11FN4O2S/c1-19-11(18)7-3-2-4-9(13)8(7)5-15-17-12-16-10(14)6-20-12/h2-6H,14H2,1H3,(H,16,17). The van der Waals surface area contributed by atoms with Crippen molar-refractivity contribution in [2.24, 2.45) is 5.10 Å². The number of nitrogens with two attached hydrogens (primary N) is 1. The molecule has 0 radical (unpaired) electrons. The molecule has 0 atom stereocenters. The summed E-state index contributed by atoms with van der Waals surface area (Å²) in [5.74, 6) is -0.838. The van der Waals surface area contributed by atoms with Crippen LogP contribution in [-0.4, -0.2) is 24.3 Å². The van der Waals surface area contributed by atoms with Crippen molar-refractivity contribution >= 4 is 34.5 Å². The van der Waals surface area contributed by atoms with Gasteiger partial charge < -0.3 is 10.5 Å². The van der Waals surface area contributed by atoms with E-state index in [0.29, 0.717) is 10.9 Å². The number of aromatic nitrogens is 1. The van der Waals surface area contributed by atoms with Gasteiger partial charge in [-0.2, -0.15) is 5.10 Å². The second-order valence-electron chi connectivity index (χ2n) is 3.64. The van der Waals surface area contributed by atoms with Gasteiger partial charge in [-0.25, -0.2) is 14.2 Å². The first-order chi connectivity index (χ1) is 9.61. The number of hydrazone groups is 1. The molecule has 0 spiro atoms.